The molecule has 0 saturated heterocycles. The van der Waals surface area contributed by atoms with Gasteiger partial charge in [0.25, 0.3) is 5.91 Å². The van der Waals surface area contributed by atoms with E-state index in [0.29, 0.717) is 0 Å². The monoisotopic (exact) mass is 292 g/mol. The topological polar surface area (TPSA) is 69.3 Å². The molecule has 0 fully saturated rings. The number of aromatic nitrogens is 1. The molecular weight excluding hydrogens is 276 g/mol. The summed E-state index contributed by atoms with van der Waals surface area (Å²) in [4.78, 5) is 14.8. The Morgan fingerprint density at radius 1 is 1.09 bits per heavy atom. The maximum Gasteiger partial charge on any atom is 0.259 e. The molecule has 3 rings (SSSR count). The van der Waals surface area contributed by atoms with Gasteiger partial charge < -0.3 is 10.3 Å². The van der Waals surface area contributed by atoms with Crippen LogP contribution in [0.2, 0.25) is 0 Å². The third-order valence-electron chi connectivity index (χ3n) is 3.24. The number of aromatic amines is 1. The van der Waals surface area contributed by atoms with Crippen LogP contribution in [0.1, 0.15) is 5.69 Å². The predicted octanol–water partition coefficient (Wildman–Crippen LogP) is 2.73. The lowest BCUT2D eigenvalue weighted by molar-refractivity contribution is -0.119. The van der Waals surface area contributed by atoms with Gasteiger partial charge in [-0.1, -0.05) is 36.4 Å². The van der Waals surface area contributed by atoms with Crippen molar-refractivity contribution >= 4 is 28.6 Å². The van der Waals surface area contributed by atoms with Gasteiger partial charge in [0.2, 0.25) is 0 Å². The maximum atomic E-state index is 11.8. The lowest BCUT2D eigenvalue weighted by atomic mass is 10.1. The molecule has 0 aliphatic carbocycles. The molecule has 0 unspecified atom stereocenters. The molecule has 0 aliphatic rings. The first-order chi connectivity index (χ1) is 10.8. The van der Waals surface area contributed by atoms with Crippen LogP contribution in [0, 0.1) is 0 Å². The summed E-state index contributed by atoms with van der Waals surface area (Å²) in [5.41, 5.74) is 4.25. The second kappa shape index (κ2) is 6.58. The molecule has 0 saturated carbocycles. The molecule has 110 valence electrons. The number of hydrazone groups is 1. The predicted molar refractivity (Wildman–Crippen MR) is 89.0 cm³/mol. The molecular formula is C17H16N4O. The SMILES string of the molecule is O=C(CNc1cccc2ccccc12)N/N=C\c1ccc[nH]1. The first-order valence-corrected chi connectivity index (χ1v) is 7.00. The summed E-state index contributed by atoms with van der Waals surface area (Å²) in [5, 5.41) is 9.26. The average molecular weight is 292 g/mol. The summed E-state index contributed by atoms with van der Waals surface area (Å²) in [7, 11) is 0. The highest BCUT2D eigenvalue weighted by Gasteiger charge is 2.02. The number of nitrogens with one attached hydrogen (secondary N) is 3. The molecule has 0 aliphatic heterocycles. The third kappa shape index (κ3) is 3.32. The molecule has 22 heavy (non-hydrogen) atoms. The second-order valence-electron chi connectivity index (χ2n) is 4.80. The fraction of sp³-hybridized carbons (Fsp3) is 0.0588. The molecule has 0 atom stereocenters. The zero-order valence-electron chi connectivity index (χ0n) is 11.9. The van der Waals surface area contributed by atoms with Gasteiger partial charge >= 0.3 is 0 Å². The highest BCUT2D eigenvalue weighted by molar-refractivity contribution is 5.95. The lowest BCUT2D eigenvalue weighted by Crippen LogP contribution is -2.25. The van der Waals surface area contributed by atoms with Gasteiger partial charge in [-0.2, -0.15) is 5.10 Å². The van der Waals surface area contributed by atoms with Gasteiger partial charge in [-0.05, 0) is 23.6 Å². The third-order valence-corrected chi connectivity index (χ3v) is 3.24. The van der Waals surface area contributed by atoms with Crippen molar-refractivity contribution in [1.82, 2.24) is 10.4 Å². The number of rotatable bonds is 5. The number of anilines is 1. The summed E-state index contributed by atoms with van der Waals surface area (Å²) >= 11 is 0. The fourth-order valence-corrected chi connectivity index (χ4v) is 2.19. The van der Waals surface area contributed by atoms with Crippen LogP contribution in [0.15, 0.2) is 65.9 Å². The number of benzene rings is 2. The van der Waals surface area contributed by atoms with Crippen LogP contribution in [-0.2, 0) is 4.79 Å². The minimum Gasteiger partial charge on any atom is -0.376 e. The Morgan fingerprint density at radius 3 is 2.82 bits per heavy atom. The highest BCUT2D eigenvalue weighted by Crippen LogP contribution is 2.22. The van der Waals surface area contributed by atoms with E-state index in [4.69, 9.17) is 0 Å². The summed E-state index contributed by atoms with van der Waals surface area (Å²) in [6, 6.07) is 17.7. The summed E-state index contributed by atoms with van der Waals surface area (Å²) in [6.07, 6.45) is 3.36. The Morgan fingerprint density at radius 2 is 1.95 bits per heavy atom. The Kier molecular flexibility index (Phi) is 4.15. The Balaban J connectivity index is 1.58. The van der Waals surface area contributed by atoms with E-state index < -0.39 is 0 Å². The molecule has 3 aromatic rings. The average Bonchev–Trinajstić information content (AvgIpc) is 3.06. The Bertz CT molecular complexity index is 788. The van der Waals surface area contributed by atoms with Crippen LogP contribution < -0.4 is 10.7 Å². The second-order valence-corrected chi connectivity index (χ2v) is 4.80. The molecule has 5 nitrogen and oxygen atoms in total. The van der Waals surface area contributed by atoms with Crippen molar-refractivity contribution < 1.29 is 4.79 Å². The van der Waals surface area contributed by atoms with Crippen LogP contribution >= 0.6 is 0 Å². The van der Waals surface area contributed by atoms with Gasteiger partial charge in [-0.15, -0.1) is 0 Å². The number of fused-ring (bicyclic) bond motifs is 1. The standard InChI is InChI=1S/C17H16N4O/c22-17(21-20-11-14-7-4-10-18-14)12-19-16-9-3-6-13-5-1-2-8-15(13)16/h1-11,18-19H,12H2,(H,21,22)/b20-11-. The lowest BCUT2D eigenvalue weighted by Gasteiger charge is -2.08. The normalized spacial score (nSPS) is 10.9. The van der Waals surface area contributed by atoms with Crippen LogP contribution in [-0.4, -0.2) is 23.7 Å². The molecule has 2 aromatic carbocycles. The number of hydrogen-bond acceptors (Lipinski definition) is 3. The van der Waals surface area contributed by atoms with E-state index in [1.165, 1.54) is 0 Å². The van der Waals surface area contributed by atoms with E-state index in [1.807, 2.05) is 54.6 Å². The minimum absolute atomic E-state index is 0.163. The van der Waals surface area contributed by atoms with E-state index in [1.54, 1.807) is 12.4 Å². The van der Waals surface area contributed by atoms with E-state index in [2.05, 4.69) is 20.8 Å². The van der Waals surface area contributed by atoms with E-state index in [-0.39, 0.29) is 12.5 Å². The van der Waals surface area contributed by atoms with Gasteiger partial charge in [-0.3, -0.25) is 4.79 Å². The number of carbonyl (C=O) groups excluding carboxylic acids is 1. The number of H-pyrrole nitrogens is 1. The van der Waals surface area contributed by atoms with E-state index in [9.17, 15) is 4.79 Å². The van der Waals surface area contributed by atoms with Crippen molar-refractivity contribution in [2.24, 2.45) is 5.10 Å². The summed E-state index contributed by atoms with van der Waals surface area (Å²) in [5.74, 6) is -0.198. The zero-order chi connectivity index (χ0) is 15.2. The van der Waals surface area contributed by atoms with E-state index in [0.717, 1.165) is 22.2 Å². The van der Waals surface area contributed by atoms with Crippen LogP contribution in [0.4, 0.5) is 5.69 Å². The molecule has 0 bridgehead atoms. The van der Waals surface area contributed by atoms with Gasteiger partial charge in [0, 0.05) is 17.3 Å². The number of nitrogens with zero attached hydrogens (tertiary/aromatic N) is 1. The molecule has 0 spiro atoms. The van der Waals surface area contributed by atoms with Crippen molar-refractivity contribution in [2.45, 2.75) is 0 Å². The molecule has 1 heterocycles. The van der Waals surface area contributed by atoms with Gasteiger partial charge in [-0.25, -0.2) is 5.43 Å². The summed E-state index contributed by atoms with van der Waals surface area (Å²) in [6.45, 7) is 0.163. The van der Waals surface area contributed by atoms with Crippen LogP contribution in [0.3, 0.4) is 0 Å². The van der Waals surface area contributed by atoms with Gasteiger partial charge in [0.15, 0.2) is 0 Å². The zero-order valence-corrected chi connectivity index (χ0v) is 11.9. The smallest absolute Gasteiger partial charge is 0.259 e. The number of amides is 1. The molecule has 1 aromatic heterocycles. The highest BCUT2D eigenvalue weighted by atomic mass is 16.2. The van der Waals surface area contributed by atoms with Crippen molar-refractivity contribution in [1.29, 1.82) is 0 Å². The van der Waals surface area contributed by atoms with Crippen molar-refractivity contribution in [3.63, 3.8) is 0 Å². The van der Waals surface area contributed by atoms with Crippen LogP contribution in [0.25, 0.3) is 10.8 Å². The molecule has 0 radical (unpaired) electrons. The largest absolute Gasteiger partial charge is 0.376 e. The van der Waals surface area contributed by atoms with Crippen molar-refractivity contribution in [3.8, 4) is 0 Å². The summed E-state index contributed by atoms with van der Waals surface area (Å²) < 4.78 is 0. The first-order valence-electron chi connectivity index (χ1n) is 7.00. The van der Waals surface area contributed by atoms with E-state index >= 15 is 0 Å². The minimum atomic E-state index is -0.198. The first kappa shape index (κ1) is 13.9. The van der Waals surface area contributed by atoms with Crippen LogP contribution in [0.5, 0.6) is 0 Å². The van der Waals surface area contributed by atoms with Crippen molar-refractivity contribution in [2.75, 3.05) is 11.9 Å². The fourth-order valence-electron chi connectivity index (χ4n) is 2.19. The molecule has 1 amide bonds. The maximum absolute atomic E-state index is 11.8. The van der Waals surface area contributed by atoms with Gasteiger partial charge in [0.05, 0.1) is 18.5 Å². The Labute approximate surface area is 128 Å². The quantitative estimate of drug-likeness (QED) is 0.500. The van der Waals surface area contributed by atoms with Crippen molar-refractivity contribution in [3.05, 3.63) is 66.5 Å². The Hall–Kier alpha value is -3.08. The number of hydrogen-bond donors (Lipinski definition) is 3. The number of carbonyl (C=O) groups is 1. The molecule has 5 heteroatoms. The molecule has 3 N–H and O–H groups in total. The van der Waals surface area contributed by atoms with Gasteiger partial charge in [0.1, 0.15) is 0 Å².